The van der Waals surface area contributed by atoms with E-state index in [1.54, 1.807) is 25.7 Å². The van der Waals surface area contributed by atoms with E-state index in [4.69, 9.17) is 9.26 Å². The van der Waals surface area contributed by atoms with Gasteiger partial charge in [0.1, 0.15) is 17.1 Å². The number of para-hydroxylation sites is 2. The van der Waals surface area contributed by atoms with Gasteiger partial charge in [-0.1, -0.05) is 17.3 Å². The van der Waals surface area contributed by atoms with Crippen LogP contribution >= 0.6 is 0 Å². The maximum atomic E-state index is 12.4. The van der Waals surface area contributed by atoms with Gasteiger partial charge in [-0.25, -0.2) is 0 Å². The summed E-state index contributed by atoms with van der Waals surface area (Å²) in [5.74, 6) is 0.852. The third-order valence-electron chi connectivity index (χ3n) is 3.93. The van der Waals surface area contributed by atoms with Gasteiger partial charge >= 0.3 is 0 Å². The maximum absolute atomic E-state index is 12.4. The predicted molar refractivity (Wildman–Crippen MR) is 88.1 cm³/mol. The minimum Gasteiger partial charge on any atom is -0.479 e. The lowest BCUT2D eigenvalue weighted by molar-refractivity contribution is -0.125. The van der Waals surface area contributed by atoms with Crippen LogP contribution in [0.15, 0.2) is 28.8 Å². The summed E-state index contributed by atoms with van der Waals surface area (Å²) in [6, 6.07) is 7.31. The van der Waals surface area contributed by atoms with Crippen LogP contribution in [0.1, 0.15) is 24.8 Å². The van der Waals surface area contributed by atoms with Crippen molar-refractivity contribution >= 4 is 23.2 Å². The largest absolute Gasteiger partial charge is 0.479 e. The van der Waals surface area contributed by atoms with E-state index in [-0.39, 0.29) is 24.8 Å². The highest BCUT2D eigenvalue weighted by Crippen LogP contribution is 2.33. The number of benzene rings is 1. The van der Waals surface area contributed by atoms with E-state index in [0.717, 1.165) is 0 Å². The summed E-state index contributed by atoms with van der Waals surface area (Å²) in [4.78, 5) is 26.2. The number of ether oxygens (including phenoxy) is 1. The highest BCUT2D eigenvalue weighted by Gasteiger charge is 2.31. The van der Waals surface area contributed by atoms with Crippen LogP contribution in [0, 0.1) is 13.8 Å². The lowest BCUT2D eigenvalue weighted by atomic mass is 10.1. The molecule has 2 heterocycles. The van der Waals surface area contributed by atoms with E-state index in [1.807, 2.05) is 24.3 Å². The van der Waals surface area contributed by atoms with E-state index >= 15 is 0 Å². The van der Waals surface area contributed by atoms with E-state index in [0.29, 0.717) is 28.6 Å². The first-order valence-electron chi connectivity index (χ1n) is 7.77. The molecule has 0 unspecified atom stereocenters. The summed E-state index contributed by atoms with van der Waals surface area (Å²) in [6.45, 7) is 5.47. The quantitative estimate of drug-likeness (QED) is 0.931. The Labute approximate surface area is 139 Å². The Morgan fingerprint density at radius 1 is 1.33 bits per heavy atom. The minimum atomic E-state index is -0.564. The van der Waals surface area contributed by atoms with Crippen LogP contribution in [0.2, 0.25) is 0 Å². The number of anilines is 2. The van der Waals surface area contributed by atoms with Gasteiger partial charge in [-0.15, -0.1) is 0 Å². The molecule has 0 radical (unpaired) electrons. The molecule has 0 saturated heterocycles. The fraction of sp³-hybridized carbons (Fsp3) is 0.353. The Morgan fingerprint density at radius 3 is 2.79 bits per heavy atom. The van der Waals surface area contributed by atoms with Crippen LogP contribution < -0.4 is 15.0 Å². The van der Waals surface area contributed by atoms with Gasteiger partial charge in [0.25, 0.3) is 5.91 Å². The molecule has 1 aromatic carbocycles. The molecule has 0 aliphatic carbocycles. The van der Waals surface area contributed by atoms with Crippen molar-refractivity contribution in [3.05, 3.63) is 35.7 Å². The van der Waals surface area contributed by atoms with Gasteiger partial charge in [-0.3, -0.25) is 9.59 Å². The minimum absolute atomic E-state index is 0.154. The van der Waals surface area contributed by atoms with Crippen molar-refractivity contribution in [3.63, 3.8) is 0 Å². The molecule has 2 aromatic rings. The molecule has 1 N–H and O–H groups in total. The molecule has 0 bridgehead atoms. The number of aryl methyl sites for hydroxylation is 2. The van der Waals surface area contributed by atoms with Crippen LogP contribution in [0.4, 0.5) is 11.4 Å². The molecule has 126 valence electrons. The van der Waals surface area contributed by atoms with E-state index < -0.39 is 6.10 Å². The van der Waals surface area contributed by atoms with Crippen molar-refractivity contribution in [2.24, 2.45) is 0 Å². The zero-order valence-electron chi connectivity index (χ0n) is 13.8. The fourth-order valence-corrected chi connectivity index (χ4v) is 2.67. The molecule has 2 amide bonds. The highest BCUT2D eigenvalue weighted by atomic mass is 16.5. The Balaban J connectivity index is 1.70. The third-order valence-corrected chi connectivity index (χ3v) is 3.93. The number of aromatic nitrogens is 1. The second-order valence-corrected chi connectivity index (χ2v) is 5.72. The molecule has 1 atom stereocenters. The van der Waals surface area contributed by atoms with Gasteiger partial charge in [0, 0.05) is 13.0 Å². The second-order valence-electron chi connectivity index (χ2n) is 5.72. The number of nitrogens with one attached hydrogen (secondary N) is 1. The molecule has 24 heavy (non-hydrogen) atoms. The average molecular weight is 329 g/mol. The maximum Gasteiger partial charge on any atom is 0.267 e. The normalized spacial score (nSPS) is 16.5. The molecular formula is C17H19N3O4. The van der Waals surface area contributed by atoms with Crippen molar-refractivity contribution in [1.82, 2.24) is 5.16 Å². The number of rotatable bonds is 4. The standard InChI is InChI=1S/C17H19N3O4/c1-10-16(11(2)24-19-10)18-15(21)8-9-20-13-6-4-5-7-14(13)23-12(3)17(20)22/h4-7,12H,8-9H2,1-3H3,(H,18,21)/t12-/m0/s1. The Morgan fingerprint density at radius 2 is 2.08 bits per heavy atom. The lowest BCUT2D eigenvalue weighted by Crippen LogP contribution is -2.45. The van der Waals surface area contributed by atoms with Crippen LogP contribution in [-0.2, 0) is 9.59 Å². The smallest absolute Gasteiger partial charge is 0.267 e. The van der Waals surface area contributed by atoms with Crippen LogP contribution in [-0.4, -0.2) is 29.6 Å². The van der Waals surface area contributed by atoms with Crippen LogP contribution in [0.3, 0.4) is 0 Å². The van der Waals surface area contributed by atoms with Gasteiger partial charge in [-0.05, 0) is 32.9 Å². The van der Waals surface area contributed by atoms with E-state index in [2.05, 4.69) is 10.5 Å². The van der Waals surface area contributed by atoms with Crippen LogP contribution in [0.5, 0.6) is 5.75 Å². The SMILES string of the molecule is Cc1noc(C)c1NC(=O)CCN1C(=O)[C@H](C)Oc2ccccc21. The van der Waals surface area contributed by atoms with Gasteiger partial charge in [-0.2, -0.15) is 0 Å². The summed E-state index contributed by atoms with van der Waals surface area (Å²) >= 11 is 0. The molecule has 0 saturated carbocycles. The summed E-state index contributed by atoms with van der Waals surface area (Å²) in [6.07, 6.45) is -0.401. The molecule has 1 aliphatic heterocycles. The van der Waals surface area contributed by atoms with Crippen LogP contribution in [0.25, 0.3) is 0 Å². The lowest BCUT2D eigenvalue weighted by Gasteiger charge is -2.32. The third kappa shape index (κ3) is 2.97. The highest BCUT2D eigenvalue weighted by molar-refractivity contribution is 6.01. The van der Waals surface area contributed by atoms with Gasteiger partial charge in [0.2, 0.25) is 5.91 Å². The van der Waals surface area contributed by atoms with Gasteiger partial charge in [0.15, 0.2) is 11.9 Å². The summed E-state index contributed by atoms with van der Waals surface area (Å²) in [5, 5.41) is 6.58. The number of hydrogen-bond acceptors (Lipinski definition) is 5. The van der Waals surface area contributed by atoms with Gasteiger partial charge < -0.3 is 19.5 Å². The van der Waals surface area contributed by atoms with Crippen molar-refractivity contribution in [1.29, 1.82) is 0 Å². The summed E-state index contributed by atoms with van der Waals surface area (Å²) < 4.78 is 10.6. The van der Waals surface area contributed by atoms with E-state index in [9.17, 15) is 9.59 Å². The Kier molecular flexibility index (Phi) is 4.24. The first kappa shape index (κ1) is 16.0. The first-order chi connectivity index (χ1) is 11.5. The first-order valence-corrected chi connectivity index (χ1v) is 7.77. The van der Waals surface area contributed by atoms with Crippen molar-refractivity contribution in [2.75, 3.05) is 16.8 Å². The summed E-state index contributed by atoms with van der Waals surface area (Å²) in [5.41, 5.74) is 1.90. The molecule has 0 fully saturated rings. The molecule has 7 heteroatoms. The molecule has 0 spiro atoms. The zero-order valence-corrected chi connectivity index (χ0v) is 13.8. The fourth-order valence-electron chi connectivity index (χ4n) is 2.67. The second kappa shape index (κ2) is 6.35. The summed E-state index contributed by atoms with van der Waals surface area (Å²) in [7, 11) is 0. The molecule has 1 aromatic heterocycles. The molecular weight excluding hydrogens is 310 g/mol. The Hall–Kier alpha value is -2.83. The van der Waals surface area contributed by atoms with E-state index in [1.165, 1.54) is 0 Å². The number of carbonyl (C=O) groups is 2. The average Bonchev–Trinajstić information content (AvgIpc) is 2.87. The zero-order chi connectivity index (χ0) is 17.3. The molecule has 3 rings (SSSR count). The Bertz CT molecular complexity index is 764. The molecule has 7 nitrogen and oxygen atoms in total. The van der Waals surface area contributed by atoms with Crippen molar-refractivity contribution < 1.29 is 18.8 Å². The van der Waals surface area contributed by atoms with Gasteiger partial charge in [0.05, 0.1) is 5.69 Å². The number of nitrogens with zero attached hydrogens (tertiary/aromatic N) is 2. The van der Waals surface area contributed by atoms with Crippen molar-refractivity contribution in [2.45, 2.75) is 33.3 Å². The number of amides is 2. The number of hydrogen-bond donors (Lipinski definition) is 1. The van der Waals surface area contributed by atoms with Crippen molar-refractivity contribution in [3.8, 4) is 5.75 Å². The number of carbonyl (C=O) groups excluding carboxylic acids is 2. The molecule has 1 aliphatic rings. The predicted octanol–water partition coefficient (Wildman–Crippen LogP) is 2.43. The topological polar surface area (TPSA) is 84.7 Å². The monoisotopic (exact) mass is 329 g/mol. The number of fused-ring (bicyclic) bond motifs is 1.